The first-order valence-electron chi connectivity index (χ1n) is 5.70. The SMILES string of the molecule is CSCC[C@H]1NC(=O)N(CCc2cscn2)C1=O. The quantitative estimate of drug-likeness (QED) is 0.802. The molecule has 0 radical (unpaired) electrons. The zero-order valence-corrected chi connectivity index (χ0v) is 11.7. The van der Waals surface area contributed by atoms with Crippen molar-refractivity contribution in [1.82, 2.24) is 15.2 Å². The van der Waals surface area contributed by atoms with Crippen molar-refractivity contribution in [3.8, 4) is 0 Å². The van der Waals surface area contributed by atoms with Crippen molar-refractivity contribution in [2.24, 2.45) is 0 Å². The molecular weight excluding hydrogens is 270 g/mol. The van der Waals surface area contributed by atoms with Crippen molar-refractivity contribution in [3.63, 3.8) is 0 Å². The van der Waals surface area contributed by atoms with Crippen LogP contribution < -0.4 is 5.32 Å². The van der Waals surface area contributed by atoms with E-state index in [-0.39, 0.29) is 18.0 Å². The lowest BCUT2D eigenvalue weighted by atomic mass is 10.2. The van der Waals surface area contributed by atoms with E-state index in [9.17, 15) is 9.59 Å². The molecular formula is C11H15N3O2S2. The average molecular weight is 285 g/mol. The Morgan fingerprint density at radius 1 is 1.56 bits per heavy atom. The molecule has 1 atom stereocenters. The number of hydrogen-bond acceptors (Lipinski definition) is 5. The number of urea groups is 1. The first-order valence-corrected chi connectivity index (χ1v) is 8.04. The number of nitrogens with zero attached hydrogens (tertiary/aromatic N) is 2. The van der Waals surface area contributed by atoms with Crippen LogP contribution in [0.25, 0.3) is 0 Å². The molecule has 18 heavy (non-hydrogen) atoms. The number of rotatable bonds is 6. The van der Waals surface area contributed by atoms with Gasteiger partial charge in [-0.15, -0.1) is 11.3 Å². The molecule has 0 bridgehead atoms. The smallest absolute Gasteiger partial charge is 0.324 e. The first kappa shape index (κ1) is 13.4. The van der Waals surface area contributed by atoms with Gasteiger partial charge in [-0.1, -0.05) is 0 Å². The minimum atomic E-state index is -0.347. The van der Waals surface area contributed by atoms with E-state index in [2.05, 4.69) is 10.3 Å². The number of amides is 3. The van der Waals surface area contributed by atoms with E-state index in [0.29, 0.717) is 19.4 Å². The standard InChI is InChI=1S/C11H15N3O2S2/c1-17-5-3-9-10(15)14(11(16)13-9)4-2-8-6-18-7-12-8/h6-7,9H,2-5H2,1H3,(H,13,16)/t9-/m1/s1. The number of carbonyl (C=O) groups excluding carboxylic acids is 2. The molecule has 0 unspecified atom stereocenters. The van der Waals surface area contributed by atoms with Crippen molar-refractivity contribution < 1.29 is 9.59 Å². The number of imide groups is 1. The van der Waals surface area contributed by atoms with Crippen LogP contribution in [0.3, 0.4) is 0 Å². The van der Waals surface area contributed by atoms with E-state index in [1.807, 2.05) is 11.6 Å². The summed E-state index contributed by atoms with van der Waals surface area (Å²) in [5.74, 6) is 0.764. The Hall–Kier alpha value is -1.08. The lowest BCUT2D eigenvalue weighted by molar-refractivity contribution is -0.127. The summed E-state index contributed by atoms with van der Waals surface area (Å²) in [5, 5.41) is 4.66. The van der Waals surface area contributed by atoms with E-state index in [4.69, 9.17) is 0 Å². The van der Waals surface area contributed by atoms with Gasteiger partial charge in [0.05, 0.1) is 11.2 Å². The number of hydrogen-bond donors (Lipinski definition) is 1. The molecule has 2 rings (SSSR count). The number of aromatic nitrogens is 1. The van der Waals surface area contributed by atoms with Gasteiger partial charge in [0.15, 0.2) is 0 Å². The lowest BCUT2D eigenvalue weighted by Crippen LogP contribution is -2.33. The minimum absolute atomic E-state index is 0.107. The molecule has 0 spiro atoms. The Labute approximate surface area is 114 Å². The third kappa shape index (κ3) is 3.02. The van der Waals surface area contributed by atoms with Gasteiger partial charge in [0, 0.05) is 18.3 Å². The van der Waals surface area contributed by atoms with Gasteiger partial charge in [-0.25, -0.2) is 9.78 Å². The highest BCUT2D eigenvalue weighted by Gasteiger charge is 2.36. The van der Waals surface area contributed by atoms with Crippen LogP contribution in [0.15, 0.2) is 10.9 Å². The summed E-state index contributed by atoms with van der Waals surface area (Å²) >= 11 is 3.19. The molecule has 0 saturated carbocycles. The Kier molecular flexibility index (Phi) is 4.60. The summed E-state index contributed by atoms with van der Waals surface area (Å²) in [6, 6.07) is -0.623. The summed E-state index contributed by atoms with van der Waals surface area (Å²) in [6.45, 7) is 0.407. The van der Waals surface area contributed by atoms with Gasteiger partial charge in [0.1, 0.15) is 6.04 Å². The largest absolute Gasteiger partial charge is 0.326 e. The summed E-state index contributed by atoms with van der Waals surface area (Å²) in [5.41, 5.74) is 2.68. The number of thioether (sulfide) groups is 1. The van der Waals surface area contributed by atoms with Gasteiger partial charge < -0.3 is 5.32 Å². The molecule has 7 heteroatoms. The maximum Gasteiger partial charge on any atom is 0.324 e. The van der Waals surface area contributed by atoms with Crippen molar-refractivity contribution in [2.75, 3.05) is 18.6 Å². The predicted octanol–water partition coefficient (Wildman–Crippen LogP) is 1.36. The predicted molar refractivity (Wildman–Crippen MR) is 72.8 cm³/mol. The first-order chi connectivity index (χ1) is 8.72. The Morgan fingerprint density at radius 2 is 2.39 bits per heavy atom. The van der Waals surface area contributed by atoms with Gasteiger partial charge in [-0.2, -0.15) is 11.8 Å². The van der Waals surface area contributed by atoms with Crippen LogP contribution in [0.1, 0.15) is 12.1 Å². The fourth-order valence-electron chi connectivity index (χ4n) is 1.81. The second-order valence-electron chi connectivity index (χ2n) is 4.00. The second kappa shape index (κ2) is 6.19. The van der Waals surface area contributed by atoms with E-state index in [1.165, 1.54) is 16.2 Å². The highest BCUT2D eigenvalue weighted by atomic mass is 32.2. The molecule has 2 heterocycles. The maximum absolute atomic E-state index is 12.0. The van der Waals surface area contributed by atoms with Gasteiger partial charge >= 0.3 is 6.03 Å². The maximum atomic E-state index is 12.0. The van der Waals surface area contributed by atoms with Crippen LogP contribution in [0.2, 0.25) is 0 Å². The highest BCUT2D eigenvalue weighted by molar-refractivity contribution is 7.98. The third-order valence-corrected chi connectivity index (χ3v) is 4.07. The molecule has 98 valence electrons. The number of carbonyl (C=O) groups is 2. The molecule has 1 aliphatic heterocycles. The van der Waals surface area contributed by atoms with Gasteiger partial charge in [0.25, 0.3) is 5.91 Å². The van der Waals surface area contributed by atoms with Gasteiger partial charge in [-0.3, -0.25) is 9.69 Å². The van der Waals surface area contributed by atoms with Crippen LogP contribution in [-0.4, -0.2) is 46.4 Å². The van der Waals surface area contributed by atoms with Crippen LogP contribution in [0.4, 0.5) is 4.79 Å². The fraction of sp³-hybridized carbons (Fsp3) is 0.545. The molecule has 1 saturated heterocycles. The molecule has 1 fully saturated rings. The molecule has 0 aliphatic carbocycles. The minimum Gasteiger partial charge on any atom is -0.326 e. The molecule has 0 aromatic carbocycles. The summed E-state index contributed by atoms with van der Waals surface area (Å²) in [7, 11) is 0. The van der Waals surface area contributed by atoms with E-state index >= 15 is 0 Å². The Morgan fingerprint density at radius 3 is 3.06 bits per heavy atom. The fourth-order valence-corrected chi connectivity index (χ4v) is 2.87. The number of thiazole rings is 1. The van der Waals surface area contributed by atoms with Crippen LogP contribution in [0, 0.1) is 0 Å². The second-order valence-corrected chi connectivity index (χ2v) is 5.71. The lowest BCUT2D eigenvalue weighted by Gasteiger charge is -2.11. The topological polar surface area (TPSA) is 62.3 Å². The molecule has 1 N–H and O–H groups in total. The summed E-state index contributed by atoms with van der Waals surface area (Å²) < 4.78 is 0. The summed E-state index contributed by atoms with van der Waals surface area (Å²) in [6.07, 6.45) is 3.30. The normalized spacial score (nSPS) is 19.4. The van der Waals surface area contributed by atoms with Gasteiger partial charge in [0.2, 0.25) is 0 Å². The monoisotopic (exact) mass is 285 g/mol. The molecule has 5 nitrogen and oxygen atoms in total. The van der Waals surface area contributed by atoms with Crippen molar-refractivity contribution >= 4 is 35.0 Å². The molecule has 1 aromatic rings. The van der Waals surface area contributed by atoms with Crippen molar-refractivity contribution in [2.45, 2.75) is 18.9 Å². The zero-order valence-electron chi connectivity index (χ0n) is 10.1. The summed E-state index contributed by atoms with van der Waals surface area (Å²) in [4.78, 5) is 29.1. The van der Waals surface area contributed by atoms with Crippen molar-refractivity contribution in [3.05, 3.63) is 16.6 Å². The molecule has 1 aromatic heterocycles. The van der Waals surface area contributed by atoms with E-state index in [1.54, 1.807) is 17.3 Å². The molecule has 1 aliphatic rings. The highest BCUT2D eigenvalue weighted by Crippen LogP contribution is 2.13. The van der Waals surface area contributed by atoms with Crippen LogP contribution >= 0.6 is 23.1 Å². The van der Waals surface area contributed by atoms with Crippen LogP contribution in [0.5, 0.6) is 0 Å². The van der Waals surface area contributed by atoms with E-state index < -0.39 is 0 Å². The molecule has 3 amide bonds. The van der Waals surface area contributed by atoms with Crippen molar-refractivity contribution in [1.29, 1.82) is 0 Å². The Balaban J connectivity index is 1.88. The zero-order chi connectivity index (χ0) is 13.0. The third-order valence-electron chi connectivity index (χ3n) is 2.79. The number of nitrogens with one attached hydrogen (secondary N) is 1. The van der Waals surface area contributed by atoms with E-state index in [0.717, 1.165) is 11.4 Å². The average Bonchev–Trinajstić information content (AvgIpc) is 2.95. The van der Waals surface area contributed by atoms with Gasteiger partial charge in [-0.05, 0) is 18.4 Å². The Bertz CT molecular complexity index is 422. The van der Waals surface area contributed by atoms with Crippen LogP contribution in [-0.2, 0) is 11.2 Å².